The highest BCUT2D eigenvalue weighted by Crippen LogP contribution is 2.07. The van der Waals surface area contributed by atoms with Crippen molar-refractivity contribution in [2.45, 2.75) is 5.44 Å². The van der Waals surface area contributed by atoms with Crippen LogP contribution in [0, 0.1) is 0 Å². The number of aliphatic hydroxyl groups excluding tert-OH is 1. The van der Waals surface area contributed by atoms with Crippen LogP contribution in [0.1, 0.15) is 0 Å². The van der Waals surface area contributed by atoms with Crippen molar-refractivity contribution < 1.29 is 5.11 Å². The highest BCUT2D eigenvalue weighted by atomic mass is 32.2. The number of thioether (sulfide) groups is 1. The molecule has 1 unspecified atom stereocenters. The first-order valence-corrected chi connectivity index (χ1v) is 3.39. The first-order chi connectivity index (χ1) is 3.81. The van der Waals surface area contributed by atoms with E-state index in [1.54, 1.807) is 6.08 Å². The van der Waals surface area contributed by atoms with Gasteiger partial charge in [0.25, 0.3) is 0 Å². The van der Waals surface area contributed by atoms with Crippen molar-refractivity contribution in [1.82, 2.24) is 0 Å². The molecule has 0 bridgehead atoms. The maximum Gasteiger partial charge on any atom is 0.118 e. The zero-order valence-electron chi connectivity index (χ0n) is 4.71. The third-order valence-corrected chi connectivity index (χ3v) is 1.55. The molecule has 1 atom stereocenters. The number of hydrogen-bond acceptors (Lipinski definition) is 2. The van der Waals surface area contributed by atoms with Gasteiger partial charge in [-0.25, -0.2) is 0 Å². The largest absolute Gasteiger partial charge is 0.379 e. The molecule has 0 heterocycles. The molecule has 0 spiro atoms. The predicted molar refractivity (Wildman–Crippen MR) is 38.9 cm³/mol. The molecule has 0 aromatic heterocycles. The lowest BCUT2D eigenvalue weighted by Crippen LogP contribution is -1.93. The quantitative estimate of drug-likeness (QED) is 0.458. The fourth-order valence-corrected chi connectivity index (χ4v) is 0.704. The Morgan fingerprint density at radius 3 is 2.62 bits per heavy atom. The minimum atomic E-state index is -0.437. The third-order valence-electron chi connectivity index (χ3n) is 0.586. The lowest BCUT2D eigenvalue weighted by molar-refractivity contribution is 0.310. The van der Waals surface area contributed by atoms with Gasteiger partial charge >= 0.3 is 0 Å². The summed E-state index contributed by atoms with van der Waals surface area (Å²) in [4.78, 5) is 0. The van der Waals surface area contributed by atoms with Crippen molar-refractivity contribution >= 4 is 11.8 Å². The van der Waals surface area contributed by atoms with E-state index in [-0.39, 0.29) is 0 Å². The summed E-state index contributed by atoms with van der Waals surface area (Å²) in [5.74, 6) is 0.771. The van der Waals surface area contributed by atoms with Crippen LogP contribution < -0.4 is 0 Å². The Morgan fingerprint density at radius 1 is 1.62 bits per heavy atom. The third kappa shape index (κ3) is 3.96. The summed E-state index contributed by atoms with van der Waals surface area (Å²) >= 11 is 1.40. The van der Waals surface area contributed by atoms with E-state index >= 15 is 0 Å². The van der Waals surface area contributed by atoms with Crippen molar-refractivity contribution in [2.75, 3.05) is 5.75 Å². The molecule has 0 saturated carbocycles. The van der Waals surface area contributed by atoms with Gasteiger partial charge in [-0.15, -0.1) is 18.3 Å². The minimum absolute atomic E-state index is 0.437. The van der Waals surface area contributed by atoms with Gasteiger partial charge in [0.15, 0.2) is 0 Å². The van der Waals surface area contributed by atoms with Gasteiger partial charge in [-0.2, -0.15) is 0 Å². The maximum absolute atomic E-state index is 8.79. The summed E-state index contributed by atoms with van der Waals surface area (Å²) in [6.45, 7) is 6.91. The van der Waals surface area contributed by atoms with Crippen LogP contribution in [-0.4, -0.2) is 16.3 Å². The normalized spacial score (nSPS) is 12.6. The number of aliphatic hydroxyl groups is 1. The number of hydrogen-bond donors (Lipinski definition) is 1. The van der Waals surface area contributed by atoms with Crippen LogP contribution in [0.3, 0.4) is 0 Å². The summed E-state index contributed by atoms with van der Waals surface area (Å²) in [7, 11) is 0. The SMILES string of the molecule is C=CCSC(O)C=C. The van der Waals surface area contributed by atoms with Crippen LogP contribution in [0.5, 0.6) is 0 Å². The van der Waals surface area contributed by atoms with E-state index in [2.05, 4.69) is 13.2 Å². The Kier molecular flexibility index (Phi) is 4.81. The van der Waals surface area contributed by atoms with E-state index in [1.807, 2.05) is 0 Å². The highest BCUT2D eigenvalue weighted by Gasteiger charge is 1.92. The van der Waals surface area contributed by atoms with Crippen molar-refractivity contribution in [3.63, 3.8) is 0 Å². The van der Waals surface area contributed by atoms with Crippen LogP contribution in [0.4, 0.5) is 0 Å². The summed E-state index contributed by atoms with van der Waals surface area (Å²) < 4.78 is 0. The molecule has 0 aliphatic rings. The maximum atomic E-state index is 8.79. The first kappa shape index (κ1) is 7.79. The molecule has 0 radical (unpaired) electrons. The lowest BCUT2D eigenvalue weighted by Gasteiger charge is -1.98. The van der Waals surface area contributed by atoms with Gasteiger partial charge in [-0.1, -0.05) is 18.7 Å². The van der Waals surface area contributed by atoms with Gasteiger partial charge in [0.05, 0.1) is 0 Å². The average molecular weight is 130 g/mol. The predicted octanol–water partition coefficient (Wildman–Crippen LogP) is 1.41. The van der Waals surface area contributed by atoms with Crippen molar-refractivity contribution in [3.05, 3.63) is 25.3 Å². The van der Waals surface area contributed by atoms with Crippen LogP contribution >= 0.6 is 11.8 Å². The van der Waals surface area contributed by atoms with E-state index in [0.717, 1.165) is 5.75 Å². The Balaban J connectivity index is 3.09. The van der Waals surface area contributed by atoms with Gasteiger partial charge in [0.1, 0.15) is 5.44 Å². The monoisotopic (exact) mass is 130 g/mol. The molecule has 0 aromatic carbocycles. The fourth-order valence-electron chi connectivity index (χ4n) is 0.235. The number of rotatable bonds is 4. The smallest absolute Gasteiger partial charge is 0.118 e. The summed E-state index contributed by atoms with van der Waals surface area (Å²) in [5, 5.41) is 8.79. The molecule has 8 heavy (non-hydrogen) atoms. The Labute approximate surface area is 54.1 Å². The van der Waals surface area contributed by atoms with Crippen molar-refractivity contribution in [2.24, 2.45) is 0 Å². The van der Waals surface area contributed by atoms with E-state index in [9.17, 15) is 0 Å². The molecule has 0 saturated heterocycles. The molecular weight excluding hydrogens is 120 g/mol. The van der Waals surface area contributed by atoms with Gasteiger partial charge < -0.3 is 5.11 Å². The van der Waals surface area contributed by atoms with Crippen molar-refractivity contribution in [3.8, 4) is 0 Å². The minimum Gasteiger partial charge on any atom is -0.379 e. The summed E-state index contributed by atoms with van der Waals surface area (Å²) in [6, 6.07) is 0. The van der Waals surface area contributed by atoms with E-state index < -0.39 is 5.44 Å². The topological polar surface area (TPSA) is 20.2 Å². The van der Waals surface area contributed by atoms with E-state index in [4.69, 9.17) is 5.11 Å². The molecule has 0 aliphatic heterocycles. The molecule has 46 valence electrons. The second-order valence-corrected chi connectivity index (χ2v) is 2.40. The van der Waals surface area contributed by atoms with Gasteiger partial charge in [0.2, 0.25) is 0 Å². The molecule has 0 aliphatic carbocycles. The molecule has 2 heteroatoms. The average Bonchev–Trinajstić information content (AvgIpc) is 1.83. The Morgan fingerprint density at radius 2 is 2.25 bits per heavy atom. The van der Waals surface area contributed by atoms with Gasteiger partial charge in [0, 0.05) is 5.75 Å². The first-order valence-electron chi connectivity index (χ1n) is 2.34. The highest BCUT2D eigenvalue weighted by molar-refractivity contribution is 8.00. The Hall–Kier alpha value is -0.210. The van der Waals surface area contributed by atoms with Crippen LogP contribution in [0.25, 0.3) is 0 Å². The van der Waals surface area contributed by atoms with E-state index in [1.165, 1.54) is 17.8 Å². The zero-order valence-corrected chi connectivity index (χ0v) is 5.53. The molecule has 0 amide bonds. The standard InChI is InChI=1S/C6H10OS/c1-3-5-8-6(7)4-2/h3-4,6-7H,1-2,5H2. The molecule has 0 fully saturated rings. The van der Waals surface area contributed by atoms with Crippen LogP contribution in [-0.2, 0) is 0 Å². The Bertz CT molecular complexity index is 80.6. The molecule has 1 N–H and O–H groups in total. The fraction of sp³-hybridized carbons (Fsp3) is 0.333. The molecule has 0 aromatic rings. The lowest BCUT2D eigenvalue weighted by atomic mass is 10.7. The van der Waals surface area contributed by atoms with Crippen LogP contribution in [0.2, 0.25) is 0 Å². The molecule has 0 rings (SSSR count). The van der Waals surface area contributed by atoms with Gasteiger partial charge in [-0.3, -0.25) is 0 Å². The van der Waals surface area contributed by atoms with E-state index in [0.29, 0.717) is 0 Å². The molecule has 1 nitrogen and oxygen atoms in total. The zero-order chi connectivity index (χ0) is 6.41. The summed E-state index contributed by atoms with van der Waals surface area (Å²) in [6.07, 6.45) is 3.24. The van der Waals surface area contributed by atoms with Crippen LogP contribution in [0.15, 0.2) is 25.3 Å². The van der Waals surface area contributed by atoms with Gasteiger partial charge in [-0.05, 0) is 0 Å². The second kappa shape index (κ2) is 4.94. The summed E-state index contributed by atoms with van der Waals surface area (Å²) in [5.41, 5.74) is -0.437. The second-order valence-electron chi connectivity index (χ2n) is 1.25. The molecular formula is C6H10OS. The van der Waals surface area contributed by atoms with Crippen molar-refractivity contribution in [1.29, 1.82) is 0 Å².